The number of likely N-dealkylation sites (tertiary alicyclic amines) is 1. The molecule has 2 unspecified atom stereocenters. The van der Waals surface area contributed by atoms with Gasteiger partial charge in [0.25, 0.3) is 0 Å². The summed E-state index contributed by atoms with van der Waals surface area (Å²) in [6, 6.07) is 7.90. The summed E-state index contributed by atoms with van der Waals surface area (Å²) in [5.41, 5.74) is 6.78. The van der Waals surface area contributed by atoms with E-state index in [0.717, 1.165) is 25.1 Å². The zero-order valence-corrected chi connectivity index (χ0v) is 13.5. The number of amides is 1. The van der Waals surface area contributed by atoms with Crippen molar-refractivity contribution in [2.45, 2.75) is 45.2 Å². The molecule has 1 saturated heterocycles. The van der Waals surface area contributed by atoms with Gasteiger partial charge in [0.2, 0.25) is 5.91 Å². The highest BCUT2D eigenvalue weighted by Crippen LogP contribution is 2.24. The van der Waals surface area contributed by atoms with E-state index in [1.165, 1.54) is 6.42 Å². The maximum Gasteiger partial charge on any atom is 0.238 e. The highest BCUT2D eigenvalue weighted by Gasteiger charge is 2.27. The van der Waals surface area contributed by atoms with Crippen LogP contribution in [-0.2, 0) is 4.79 Å². The topological polar surface area (TPSA) is 67.6 Å². The van der Waals surface area contributed by atoms with E-state index in [4.69, 9.17) is 10.5 Å². The van der Waals surface area contributed by atoms with Gasteiger partial charge >= 0.3 is 0 Å². The van der Waals surface area contributed by atoms with Crippen molar-refractivity contribution in [1.29, 1.82) is 0 Å². The second kappa shape index (κ2) is 8.15. The predicted octanol–water partition coefficient (Wildman–Crippen LogP) is 2.23. The Balaban J connectivity index is 1.97. The largest absolute Gasteiger partial charge is 0.492 e. The van der Waals surface area contributed by atoms with Crippen molar-refractivity contribution in [3.05, 3.63) is 24.3 Å². The second-order valence-electron chi connectivity index (χ2n) is 5.87. The minimum Gasteiger partial charge on any atom is -0.492 e. The first kappa shape index (κ1) is 16.8. The third-order valence-electron chi connectivity index (χ3n) is 4.08. The van der Waals surface area contributed by atoms with E-state index in [-0.39, 0.29) is 11.9 Å². The minimum atomic E-state index is -0.0142. The van der Waals surface area contributed by atoms with Gasteiger partial charge in [-0.25, -0.2) is 0 Å². The minimum absolute atomic E-state index is 0.0142. The lowest BCUT2D eigenvalue weighted by molar-refractivity contribution is -0.118. The molecule has 3 N–H and O–H groups in total. The number of nitrogens with one attached hydrogen (secondary N) is 1. The highest BCUT2D eigenvalue weighted by atomic mass is 16.5. The van der Waals surface area contributed by atoms with Crippen LogP contribution in [0, 0.1) is 0 Å². The molecule has 0 aromatic heterocycles. The van der Waals surface area contributed by atoms with Gasteiger partial charge in [-0.05, 0) is 45.4 Å². The molecule has 0 spiro atoms. The molecular formula is C17H27N3O2. The molecule has 2 rings (SSSR count). The van der Waals surface area contributed by atoms with Crippen LogP contribution in [0.1, 0.15) is 33.1 Å². The zero-order chi connectivity index (χ0) is 15.9. The van der Waals surface area contributed by atoms with E-state index < -0.39 is 0 Å². The van der Waals surface area contributed by atoms with Gasteiger partial charge in [0, 0.05) is 12.1 Å². The Bertz CT molecular complexity index is 491. The van der Waals surface area contributed by atoms with Gasteiger partial charge < -0.3 is 15.8 Å². The Labute approximate surface area is 132 Å². The van der Waals surface area contributed by atoms with E-state index in [0.29, 0.717) is 24.9 Å². The first-order valence-electron chi connectivity index (χ1n) is 8.13. The molecule has 5 heteroatoms. The highest BCUT2D eigenvalue weighted by molar-refractivity contribution is 5.93. The number of hydrogen-bond acceptors (Lipinski definition) is 4. The average molecular weight is 305 g/mol. The molecule has 1 heterocycles. The molecular weight excluding hydrogens is 278 g/mol. The van der Waals surface area contributed by atoms with Crippen molar-refractivity contribution in [2.75, 3.05) is 25.0 Å². The number of para-hydroxylation sites is 2. The second-order valence-corrected chi connectivity index (χ2v) is 5.87. The molecule has 2 atom stereocenters. The Hall–Kier alpha value is -1.59. The van der Waals surface area contributed by atoms with Crippen LogP contribution in [0.5, 0.6) is 5.75 Å². The van der Waals surface area contributed by atoms with Gasteiger partial charge in [-0.2, -0.15) is 0 Å². The molecule has 5 nitrogen and oxygen atoms in total. The Morgan fingerprint density at radius 3 is 2.95 bits per heavy atom. The number of ether oxygens (including phenoxy) is 1. The van der Waals surface area contributed by atoms with Crippen molar-refractivity contribution in [1.82, 2.24) is 4.90 Å². The average Bonchev–Trinajstić information content (AvgIpc) is 2.50. The van der Waals surface area contributed by atoms with Crippen LogP contribution in [0.3, 0.4) is 0 Å². The summed E-state index contributed by atoms with van der Waals surface area (Å²) in [6.45, 7) is 5.84. The number of benzene rings is 1. The quantitative estimate of drug-likeness (QED) is 0.845. The Kier molecular flexibility index (Phi) is 6.21. The zero-order valence-electron chi connectivity index (χ0n) is 13.5. The summed E-state index contributed by atoms with van der Waals surface area (Å²) in [4.78, 5) is 14.6. The monoisotopic (exact) mass is 305 g/mol. The summed E-state index contributed by atoms with van der Waals surface area (Å²) in [6.07, 6.45) is 3.39. The van der Waals surface area contributed by atoms with Gasteiger partial charge in [-0.3, -0.25) is 9.69 Å². The van der Waals surface area contributed by atoms with E-state index in [1.807, 2.05) is 38.1 Å². The van der Waals surface area contributed by atoms with Crippen LogP contribution in [0.15, 0.2) is 24.3 Å². The van der Waals surface area contributed by atoms with Gasteiger partial charge in [-0.15, -0.1) is 0 Å². The molecule has 0 aliphatic carbocycles. The summed E-state index contributed by atoms with van der Waals surface area (Å²) >= 11 is 0. The smallest absolute Gasteiger partial charge is 0.238 e. The van der Waals surface area contributed by atoms with E-state index in [1.54, 1.807) is 0 Å². The fourth-order valence-corrected chi connectivity index (χ4v) is 3.03. The molecule has 0 saturated carbocycles. The molecule has 0 radical (unpaired) electrons. The lowest BCUT2D eigenvalue weighted by Crippen LogP contribution is -2.51. The number of nitrogens with zero attached hydrogens (tertiary/aromatic N) is 1. The maximum absolute atomic E-state index is 12.4. The standard InChI is InChI=1S/C17H27N3O2/c1-3-22-16-10-5-4-8-14(16)19-17(21)12-20-11-7-6-9-15(20)13(2)18/h4-5,8,10,13,15H,3,6-7,9,11-12,18H2,1-2H3,(H,19,21). The van der Waals surface area contributed by atoms with Crippen molar-refractivity contribution >= 4 is 11.6 Å². The molecule has 1 aliphatic rings. The van der Waals surface area contributed by atoms with Crippen LogP contribution >= 0.6 is 0 Å². The van der Waals surface area contributed by atoms with E-state index in [9.17, 15) is 4.79 Å². The predicted molar refractivity (Wildman–Crippen MR) is 89.1 cm³/mol. The fraction of sp³-hybridized carbons (Fsp3) is 0.588. The molecule has 1 amide bonds. The normalized spacial score (nSPS) is 20.4. The SMILES string of the molecule is CCOc1ccccc1NC(=O)CN1CCCCC1C(C)N. The van der Waals surface area contributed by atoms with Crippen LogP contribution < -0.4 is 15.8 Å². The molecule has 1 aromatic rings. The van der Waals surface area contributed by atoms with Gasteiger partial charge in [0.1, 0.15) is 5.75 Å². The third-order valence-corrected chi connectivity index (χ3v) is 4.08. The van der Waals surface area contributed by atoms with Crippen molar-refractivity contribution in [3.63, 3.8) is 0 Å². The van der Waals surface area contributed by atoms with Crippen LogP contribution in [0.2, 0.25) is 0 Å². The molecule has 1 aliphatic heterocycles. The van der Waals surface area contributed by atoms with Crippen molar-refractivity contribution in [3.8, 4) is 5.75 Å². The number of carbonyl (C=O) groups is 1. The lowest BCUT2D eigenvalue weighted by atomic mass is 9.97. The molecule has 122 valence electrons. The molecule has 1 aromatic carbocycles. The van der Waals surface area contributed by atoms with Gasteiger partial charge in [0.15, 0.2) is 0 Å². The first-order chi connectivity index (χ1) is 10.6. The number of carbonyl (C=O) groups excluding carboxylic acids is 1. The number of anilines is 1. The lowest BCUT2D eigenvalue weighted by Gasteiger charge is -2.37. The maximum atomic E-state index is 12.4. The van der Waals surface area contributed by atoms with Gasteiger partial charge in [-0.1, -0.05) is 18.6 Å². The third kappa shape index (κ3) is 4.45. The van der Waals surface area contributed by atoms with Crippen molar-refractivity contribution in [2.24, 2.45) is 5.73 Å². The van der Waals surface area contributed by atoms with Crippen LogP contribution in [0.4, 0.5) is 5.69 Å². The fourth-order valence-electron chi connectivity index (χ4n) is 3.03. The first-order valence-corrected chi connectivity index (χ1v) is 8.13. The van der Waals surface area contributed by atoms with Crippen molar-refractivity contribution < 1.29 is 9.53 Å². The van der Waals surface area contributed by atoms with E-state index in [2.05, 4.69) is 10.2 Å². The van der Waals surface area contributed by atoms with E-state index >= 15 is 0 Å². The Morgan fingerprint density at radius 2 is 2.23 bits per heavy atom. The summed E-state index contributed by atoms with van der Waals surface area (Å²) in [5.74, 6) is 0.695. The Morgan fingerprint density at radius 1 is 1.45 bits per heavy atom. The summed E-state index contributed by atoms with van der Waals surface area (Å²) in [7, 11) is 0. The number of rotatable bonds is 6. The number of nitrogens with two attached hydrogens (primary N) is 1. The summed E-state index contributed by atoms with van der Waals surface area (Å²) < 4.78 is 5.54. The van der Waals surface area contributed by atoms with Gasteiger partial charge in [0.05, 0.1) is 18.8 Å². The molecule has 22 heavy (non-hydrogen) atoms. The summed E-state index contributed by atoms with van der Waals surface area (Å²) in [5, 5.41) is 2.96. The molecule has 1 fully saturated rings. The number of piperidine rings is 1. The number of hydrogen-bond donors (Lipinski definition) is 2. The van der Waals surface area contributed by atoms with Crippen LogP contribution in [-0.4, -0.2) is 42.6 Å². The molecule has 0 bridgehead atoms. The van der Waals surface area contributed by atoms with Crippen LogP contribution in [0.25, 0.3) is 0 Å².